The number of nitrogen functional groups attached to an aromatic ring is 1. The summed E-state index contributed by atoms with van der Waals surface area (Å²) in [5.41, 5.74) is 11.6. The van der Waals surface area contributed by atoms with Gasteiger partial charge in [-0.3, -0.25) is 4.79 Å². The number of nitriles is 2. The Bertz CT molecular complexity index is 1320. The highest BCUT2D eigenvalue weighted by Gasteiger charge is 2.24. The molecule has 34 heavy (non-hydrogen) atoms. The Kier molecular flexibility index (Phi) is 7.61. The summed E-state index contributed by atoms with van der Waals surface area (Å²) in [7, 11) is 0. The fraction of sp³-hybridized carbons (Fsp3) is 0.259. The standard InChI is InChI=1S/C27H27N5OS/c1-15(2)19-8-10-20(11-9-19)24-21(13-28)25(30)32-27(22(24)14-29)34-18(5)26(33)31-23-12-16(3)6-7-17(23)4/h6-12,15,18H,1-5H3,(H2,30,32)(H,31,33). The van der Waals surface area contributed by atoms with Crippen molar-refractivity contribution in [3.63, 3.8) is 0 Å². The van der Waals surface area contributed by atoms with Gasteiger partial charge < -0.3 is 11.1 Å². The number of carbonyl (C=O) groups is 1. The number of nitrogens with one attached hydrogen (secondary N) is 1. The van der Waals surface area contributed by atoms with Crippen LogP contribution in [0, 0.1) is 36.5 Å². The van der Waals surface area contributed by atoms with Gasteiger partial charge in [-0.05, 0) is 55.0 Å². The van der Waals surface area contributed by atoms with Crippen LogP contribution in [0.25, 0.3) is 11.1 Å². The van der Waals surface area contributed by atoms with Gasteiger partial charge in [-0.2, -0.15) is 10.5 Å². The number of hydrogen-bond donors (Lipinski definition) is 2. The lowest BCUT2D eigenvalue weighted by Gasteiger charge is -2.17. The number of aryl methyl sites for hydroxylation is 2. The number of nitrogens with zero attached hydrogens (tertiary/aromatic N) is 3. The zero-order valence-electron chi connectivity index (χ0n) is 19.9. The first-order chi connectivity index (χ1) is 16.2. The Labute approximate surface area is 204 Å². The molecule has 3 N–H and O–H groups in total. The Morgan fingerprint density at radius 1 is 1.03 bits per heavy atom. The number of nitrogens with two attached hydrogens (primary N) is 1. The van der Waals surface area contributed by atoms with Crippen LogP contribution in [0.5, 0.6) is 0 Å². The zero-order chi connectivity index (χ0) is 25.0. The molecule has 0 aliphatic heterocycles. The van der Waals surface area contributed by atoms with E-state index in [1.54, 1.807) is 6.92 Å². The Morgan fingerprint density at radius 2 is 1.68 bits per heavy atom. The van der Waals surface area contributed by atoms with Crippen molar-refractivity contribution in [2.24, 2.45) is 0 Å². The van der Waals surface area contributed by atoms with Gasteiger partial charge in [0, 0.05) is 11.3 Å². The zero-order valence-corrected chi connectivity index (χ0v) is 20.7. The number of aromatic nitrogens is 1. The van der Waals surface area contributed by atoms with Crippen LogP contribution in [0.4, 0.5) is 11.5 Å². The molecule has 2 aromatic carbocycles. The van der Waals surface area contributed by atoms with Gasteiger partial charge in [0.25, 0.3) is 0 Å². The van der Waals surface area contributed by atoms with Crippen LogP contribution in [-0.4, -0.2) is 16.1 Å². The van der Waals surface area contributed by atoms with Crippen LogP contribution in [-0.2, 0) is 4.79 Å². The predicted molar refractivity (Wildman–Crippen MR) is 137 cm³/mol. The quantitative estimate of drug-likeness (QED) is 0.432. The fourth-order valence-electron chi connectivity index (χ4n) is 3.53. The van der Waals surface area contributed by atoms with E-state index in [4.69, 9.17) is 5.73 Å². The van der Waals surface area contributed by atoms with Gasteiger partial charge in [0.05, 0.1) is 10.8 Å². The predicted octanol–water partition coefficient (Wildman–Crippen LogP) is 5.93. The van der Waals surface area contributed by atoms with Crippen molar-refractivity contribution in [2.45, 2.75) is 50.8 Å². The summed E-state index contributed by atoms with van der Waals surface area (Å²) < 4.78 is 0. The highest BCUT2D eigenvalue weighted by molar-refractivity contribution is 8.00. The van der Waals surface area contributed by atoms with Crippen molar-refractivity contribution < 1.29 is 4.79 Å². The lowest BCUT2D eigenvalue weighted by atomic mass is 9.94. The van der Waals surface area contributed by atoms with E-state index in [1.807, 2.05) is 56.3 Å². The van der Waals surface area contributed by atoms with Crippen molar-refractivity contribution in [3.8, 4) is 23.3 Å². The maximum Gasteiger partial charge on any atom is 0.237 e. The molecule has 1 amide bonds. The molecule has 3 rings (SSSR count). The maximum absolute atomic E-state index is 12.9. The van der Waals surface area contributed by atoms with E-state index in [-0.39, 0.29) is 22.9 Å². The second-order valence-electron chi connectivity index (χ2n) is 8.50. The van der Waals surface area contributed by atoms with Crippen LogP contribution >= 0.6 is 11.8 Å². The number of benzene rings is 2. The van der Waals surface area contributed by atoms with Crippen LogP contribution in [0.15, 0.2) is 47.5 Å². The van der Waals surface area contributed by atoms with Gasteiger partial charge in [0.2, 0.25) is 5.91 Å². The molecule has 0 aliphatic carbocycles. The average molecular weight is 470 g/mol. The van der Waals surface area contributed by atoms with E-state index in [0.717, 1.165) is 34.1 Å². The Balaban J connectivity index is 1.99. The number of rotatable bonds is 6. The first-order valence-electron chi connectivity index (χ1n) is 10.9. The SMILES string of the molecule is Cc1ccc(C)c(NC(=O)C(C)Sc2nc(N)c(C#N)c(-c3ccc(C(C)C)cc3)c2C#N)c1. The molecule has 7 heteroatoms. The molecule has 0 radical (unpaired) electrons. The third kappa shape index (κ3) is 5.22. The number of anilines is 2. The number of hydrogen-bond acceptors (Lipinski definition) is 6. The van der Waals surface area contributed by atoms with Crippen LogP contribution < -0.4 is 11.1 Å². The normalized spacial score (nSPS) is 11.5. The molecular formula is C27H27N5OS. The summed E-state index contributed by atoms with van der Waals surface area (Å²) in [6, 6.07) is 17.9. The highest BCUT2D eigenvalue weighted by Crippen LogP contribution is 2.37. The molecular weight excluding hydrogens is 442 g/mol. The van der Waals surface area contributed by atoms with Crippen LogP contribution in [0.2, 0.25) is 0 Å². The summed E-state index contributed by atoms with van der Waals surface area (Å²) in [6.07, 6.45) is 0. The first kappa shape index (κ1) is 24.8. The van der Waals surface area contributed by atoms with Crippen molar-refractivity contribution in [3.05, 3.63) is 70.3 Å². The van der Waals surface area contributed by atoms with Crippen molar-refractivity contribution in [2.75, 3.05) is 11.1 Å². The average Bonchev–Trinajstić information content (AvgIpc) is 2.81. The maximum atomic E-state index is 12.9. The molecule has 1 atom stereocenters. The summed E-state index contributed by atoms with van der Waals surface area (Å²) in [5, 5.41) is 22.5. The molecule has 0 saturated carbocycles. The van der Waals surface area contributed by atoms with Gasteiger partial charge in [-0.15, -0.1) is 0 Å². The van der Waals surface area contributed by atoms with E-state index in [2.05, 4.69) is 36.3 Å². The summed E-state index contributed by atoms with van der Waals surface area (Å²) in [5.74, 6) is 0.175. The molecule has 1 unspecified atom stereocenters. The van der Waals surface area contributed by atoms with Gasteiger partial charge >= 0.3 is 0 Å². The molecule has 1 aromatic heterocycles. The molecule has 6 nitrogen and oxygen atoms in total. The molecule has 0 saturated heterocycles. The molecule has 172 valence electrons. The first-order valence-corrected chi connectivity index (χ1v) is 11.8. The minimum atomic E-state index is -0.553. The van der Waals surface area contributed by atoms with E-state index >= 15 is 0 Å². The molecule has 0 bridgehead atoms. The van der Waals surface area contributed by atoms with Gasteiger partial charge in [0.1, 0.15) is 28.5 Å². The van der Waals surface area contributed by atoms with Crippen molar-refractivity contribution in [1.82, 2.24) is 4.98 Å². The Hall–Kier alpha value is -3.81. The lowest BCUT2D eigenvalue weighted by molar-refractivity contribution is -0.115. The van der Waals surface area contributed by atoms with Gasteiger partial charge in [0.15, 0.2) is 0 Å². The topological polar surface area (TPSA) is 116 Å². The number of carbonyl (C=O) groups excluding carboxylic acids is 1. The van der Waals surface area contributed by atoms with E-state index in [1.165, 1.54) is 0 Å². The number of pyridine rings is 1. The Morgan fingerprint density at radius 3 is 2.26 bits per heavy atom. The molecule has 0 fully saturated rings. The van der Waals surface area contributed by atoms with Crippen LogP contribution in [0.1, 0.15) is 54.5 Å². The highest BCUT2D eigenvalue weighted by atomic mass is 32.2. The summed E-state index contributed by atoms with van der Waals surface area (Å²) >= 11 is 1.15. The van der Waals surface area contributed by atoms with Gasteiger partial charge in [-0.1, -0.05) is 62.0 Å². The molecule has 3 aromatic rings. The summed E-state index contributed by atoms with van der Waals surface area (Å²) in [4.78, 5) is 17.2. The number of thioether (sulfide) groups is 1. The molecule has 0 aliphatic rings. The third-order valence-electron chi connectivity index (χ3n) is 5.59. The fourth-order valence-corrected chi connectivity index (χ4v) is 4.45. The van der Waals surface area contributed by atoms with Gasteiger partial charge in [-0.25, -0.2) is 4.98 Å². The lowest BCUT2D eigenvalue weighted by Crippen LogP contribution is -2.23. The van der Waals surface area contributed by atoms with E-state index < -0.39 is 5.25 Å². The minimum absolute atomic E-state index is 0.0362. The number of amides is 1. The summed E-state index contributed by atoms with van der Waals surface area (Å²) in [6.45, 7) is 9.84. The molecule has 0 spiro atoms. The smallest absolute Gasteiger partial charge is 0.237 e. The van der Waals surface area contributed by atoms with E-state index in [0.29, 0.717) is 22.1 Å². The second-order valence-corrected chi connectivity index (χ2v) is 9.82. The second kappa shape index (κ2) is 10.4. The monoisotopic (exact) mass is 469 g/mol. The molecule has 1 heterocycles. The van der Waals surface area contributed by atoms with Crippen molar-refractivity contribution in [1.29, 1.82) is 10.5 Å². The van der Waals surface area contributed by atoms with Crippen LogP contribution in [0.3, 0.4) is 0 Å². The largest absolute Gasteiger partial charge is 0.383 e. The van der Waals surface area contributed by atoms with E-state index in [9.17, 15) is 15.3 Å². The third-order valence-corrected chi connectivity index (χ3v) is 6.68. The minimum Gasteiger partial charge on any atom is -0.383 e. The van der Waals surface area contributed by atoms with Crippen molar-refractivity contribution >= 4 is 29.2 Å².